The fraction of sp³-hybridized carbons (Fsp3) is 0.0667. The minimum absolute atomic E-state index is 0.210. The number of hydrogen-bond donors (Lipinski definition) is 0. The smallest absolute Gasteiger partial charge is 0.343 e. The fourth-order valence-corrected chi connectivity index (χ4v) is 1.77. The van der Waals surface area contributed by atoms with E-state index in [0.717, 1.165) is 0 Å². The lowest BCUT2D eigenvalue weighted by molar-refractivity contribution is 0.0733. The predicted molar refractivity (Wildman–Crippen MR) is 72.9 cm³/mol. The maximum Gasteiger partial charge on any atom is 0.343 e. The van der Waals surface area contributed by atoms with E-state index in [4.69, 9.17) is 16.3 Å². The molecule has 0 spiro atoms. The Morgan fingerprint density at radius 3 is 2.37 bits per heavy atom. The van der Waals surface area contributed by atoms with Gasteiger partial charge in [-0.1, -0.05) is 29.8 Å². The Bertz CT molecular complexity index is 621. The lowest BCUT2D eigenvalue weighted by atomic mass is 10.1. The minimum atomic E-state index is -0.509. The molecule has 0 aliphatic heterocycles. The van der Waals surface area contributed by atoms with Crippen molar-refractivity contribution < 1.29 is 14.3 Å². The van der Waals surface area contributed by atoms with Crippen molar-refractivity contribution in [1.82, 2.24) is 0 Å². The second kappa shape index (κ2) is 5.67. The maximum absolute atomic E-state index is 11.9. The molecule has 0 atom stereocenters. The Morgan fingerprint density at radius 1 is 1.05 bits per heavy atom. The molecule has 2 aromatic carbocycles. The highest BCUT2D eigenvalue weighted by molar-refractivity contribution is 6.31. The number of carbonyl (C=O) groups is 2. The molecule has 19 heavy (non-hydrogen) atoms. The Kier molecular flexibility index (Phi) is 3.97. The summed E-state index contributed by atoms with van der Waals surface area (Å²) >= 11 is 5.82. The van der Waals surface area contributed by atoms with Crippen LogP contribution in [-0.4, -0.2) is 11.8 Å². The SMILES string of the molecule is CC(=O)c1cc(Cl)ccc1OC(=O)c1ccccc1. The quantitative estimate of drug-likeness (QED) is 0.486. The third kappa shape index (κ3) is 3.20. The predicted octanol–water partition coefficient (Wildman–Crippen LogP) is 3.76. The fourth-order valence-electron chi connectivity index (χ4n) is 1.60. The van der Waals surface area contributed by atoms with Crippen LogP contribution in [0.2, 0.25) is 5.02 Å². The second-order valence-corrected chi connectivity index (χ2v) is 4.39. The van der Waals surface area contributed by atoms with Gasteiger partial charge in [0.25, 0.3) is 0 Å². The number of carbonyl (C=O) groups excluding carboxylic acids is 2. The molecule has 3 nitrogen and oxygen atoms in total. The van der Waals surface area contributed by atoms with E-state index in [1.54, 1.807) is 36.4 Å². The number of benzene rings is 2. The van der Waals surface area contributed by atoms with Gasteiger partial charge in [-0.2, -0.15) is 0 Å². The number of rotatable bonds is 3. The van der Waals surface area contributed by atoms with Crippen LogP contribution in [0.25, 0.3) is 0 Å². The Morgan fingerprint density at radius 2 is 1.74 bits per heavy atom. The Balaban J connectivity index is 2.29. The van der Waals surface area contributed by atoms with Gasteiger partial charge in [0.05, 0.1) is 11.1 Å². The number of hydrogen-bond acceptors (Lipinski definition) is 3. The first-order chi connectivity index (χ1) is 9.08. The average Bonchev–Trinajstić information content (AvgIpc) is 2.41. The van der Waals surface area contributed by atoms with E-state index >= 15 is 0 Å². The maximum atomic E-state index is 11.9. The molecule has 0 heterocycles. The van der Waals surface area contributed by atoms with E-state index in [9.17, 15) is 9.59 Å². The summed E-state index contributed by atoms with van der Waals surface area (Å²) in [5.41, 5.74) is 0.712. The first-order valence-corrected chi connectivity index (χ1v) is 6.03. The van der Waals surface area contributed by atoms with Crippen LogP contribution in [0.4, 0.5) is 0 Å². The van der Waals surface area contributed by atoms with Gasteiger partial charge in [0.1, 0.15) is 5.75 Å². The van der Waals surface area contributed by atoms with Gasteiger partial charge in [0.2, 0.25) is 0 Å². The molecule has 0 aliphatic carbocycles. The molecule has 4 heteroatoms. The number of Topliss-reactive ketones (excluding diaryl/α,β-unsaturated/α-hetero) is 1. The van der Waals surface area contributed by atoms with Crippen LogP contribution >= 0.6 is 11.6 Å². The summed E-state index contributed by atoms with van der Waals surface area (Å²) in [6.07, 6.45) is 0. The highest BCUT2D eigenvalue weighted by Gasteiger charge is 2.14. The van der Waals surface area contributed by atoms with Gasteiger partial charge in [0, 0.05) is 5.02 Å². The van der Waals surface area contributed by atoms with E-state index in [1.165, 1.54) is 19.1 Å². The highest BCUT2D eigenvalue weighted by Crippen LogP contribution is 2.24. The van der Waals surface area contributed by atoms with Crippen LogP contribution in [0.1, 0.15) is 27.6 Å². The molecule has 2 rings (SSSR count). The van der Waals surface area contributed by atoms with Crippen molar-refractivity contribution in [3.05, 3.63) is 64.7 Å². The first kappa shape index (κ1) is 13.3. The summed E-state index contributed by atoms with van der Waals surface area (Å²) in [6, 6.07) is 13.1. The molecule has 0 N–H and O–H groups in total. The highest BCUT2D eigenvalue weighted by atomic mass is 35.5. The van der Waals surface area contributed by atoms with Gasteiger partial charge in [-0.05, 0) is 37.3 Å². The van der Waals surface area contributed by atoms with Crippen molar-refractivity contribution >= 4 is 23.4 Å². The normalized spacial score (nSPS) is 10.0. The molecule has 0 amide bonds. The van der Waals surface area contributed by atoms with Gasteiger partial charge < -0.3 is 4.74 Å². The summed E-state index contributed by atoms with van der Waals surface area (Å²) in [5.74, 6) is -0.505. The number of ketones is 1. The van der Waals surface area contributed by atoms with Gasteiger partial charge in [-0.25, -0.2) is 4.79 Å². The zero-order valence-corrected chi connectivity index (χ0v) is 11.0. The zero-order valence-electron chi connectivity index (χ0n) is 10.2. The molecule has 96 valence electrons. The topological polar surface area (TPSA) is 43.4 Å². The van der Waals surface area contributed by atoms with Crippen molar-refractivity contribution in [3.8, 4) is 5.75 Å². The second-order valence-electron chi connectivity index (χ2n) is 3.95. The van der Waals surface area contributed by atoms with E-state index < -0.39 is 5.97 Å². The van der Waals surface area contributed by atoms with Crippen molar-refractivity contribution in [3.63, 3.8) is 0 Å². The van der Waals surface area contributed by atoms with E-state index in [2.05, 4.69) is 0 Å². The molecular weight excluding hydrogens is 264 g/mol. The van der Waals surface area contributed by atoms with E-state index in [1.807, 2.05) is 0 Å². The molecule has 0 saturated carbocycles. The number of esters is 1. The number of halogens is 1. The third-order valence-corrected chi connectivity index (χ3v) is 2.77. The molecule has 2 aromatic rings. The Hall–Kier alpha value is -2.13. The van der Waals surface area contributed by atoms with E-state index in [0.29, 0.717) is 10.6 Å². The van der Waals surface area contributed by atoms with Crippen molar-refractivity contribution in [2.24, 2.45) is 0 Å². The summed E-state index contributed by atoms with van der Waals surface area (Å²) < 4.78 is 5.23. The molecule has 0 radical (unpaired) electrons. The number of ether oxygens (including phenoxy) is 1. The average molecular weight is 275 g/mol. The lowest BCUT2D eigenvalue weighted by Gasteiger charge is -2.08. The van der Waals surface area contributed by atoms with Crippen molar-refractivity contribution in [2.45, 2.75) is 6.92 Å². The van der Waals surface area contributed by atoms with Gasteiger partial charge in [0.15, 0.2) is 5.78 Å². The largest absolute Gasteiger partial charge is 0.422 e. The van der Waals surface area contributed by atoms with Gasteiger partial charge in [-0.15, -0.1) is 0 Å². The standard InChI is InChI=1S/C15H11ClO3/c1-10(17)13-9-12(16)7-8-14(13)19-15(18)11-5-3-2-4-6-11/h2-9H,1H3. The summed E-state index contributed by atoms with van der Waals surface area (Å²) in [5, 5.41) is 0.421. The Labute approximate surface area is 115 Å². The minimum Gasteiger partial charge on any atom is -0.422 e. The van der Waals surface area contributed by atoms with Crippen LogP contribution in [0, 0.1) is 0 Å². The molecule has 0 aromatic heterocycles. The third-order valence-electron chi connectivity index (χ3n) is 2.53. The summed E-state index contributed by atoms with van der Waals surface area (Å²) in [6.45, 7) is 1.39. The van der Waals surface area contributed by atoms with Gasteiger partial charge >= 0.3 is 5.97 Å². The molecule has 0 aliphatic rings. The lowest BCUT2D eigenvalue weighted by Crippen LogP contribution is -2.10. The van der Waals surface area contributed by atoms with Gasteiger partial charge in [-0.3, -0.25) is 4.79 Å². The van der Waals surface area contributed by atoms with Crippen LogP contribution in [-0.2, 0) is 0 Å². The first-order valence-electron chi connectivity index (χ1n) is 5.65. The molecular formula is C15H11ClO3. The van der Waals surface area contributed by atoms with Crippen molar-refractivity contribution in [1.29, 1.82) is 0 Å². The zero-order chi connectivity index (χ0) is 13.8. The molecule has 0 fully saturated rings. The van der Waals surface area contributed by atoms with Crippen molar-refractivity contribution in [2.75, 3.05) is 0 Å². The van der Waals surface area contributed by atoms with Crippen LogP contribution in [0.3, 0.4) is 0 Å². The van der Waals surface area contributed by atoms with Crippen LogP contribution < -0.4 is 4.74 Å². The monoisotopic (exact) mass is 274 g/mol. The molecule has 0 bridgehead atoms. The van der Waals surface area contributed by atoms with Crippen LogP contribution in [0.15, 0.2) is 48.5 Å². The molecule has 0 unspecified atom stereocenters. The summed E-state index contributed by atoms with van der Waals surface area (Å²) in [4.78, 5) is 23.4. The summed E-state index contributed by atoms with van der Waals surface area (Å²) in [7, 11) is 0. The van der Waals surface area contributed by atoms with Crippen LogP contribution in [0.5, 0.6) is 5.75 Å². The molecule has 0 saturated heterocycles. The van der Waals surface area contributed by atoms with E-state index in [-0.39, 0.29) is 17.1 Å².